The molecule has 0 atom stereocenters. The van der Waals surface area contributed by atoms with E-state index in [9.17, 15) is 4.39 Å². The summed E-state index contributed by atoms with van der Waals surface area (Å²) < 4.78 is 13.4. The Bertz CT molecular complexity index is 499. The fraction of sp³-hybridized carbons (Fsp3) is 0.100. The number of rotatable bonds is 3. The first-order chi connectivity index (χ1) is 7.65. The van der Waals surface area contributed by atoms with Crippen LogP contribution in [0.5, 0.6) is 0 Å². The minimum absolute atomic E-state index is 0.298. The number of aromatic nitrogens is 1. The zero-order chi connectivity index (χ0) is 11.5. The molecule has 0 saturated carbocycles. The van der Waals surface area contributed by atoms with Crippen molar-refractivity contribution >= 4 is 33.9 Å². The molecule has 0 bridgehead atoms. The maximum atomic E-state index is 13.4. The van der Waals surface area contributed by atoms with Crippen LogP contribution in [0.25, 0.3) is 0 Å². The van der Waals surface area contributed by atoms with Crippen molar-refractivity contribution in [1.82, 2.24) is 4.98 Å². The number of halogens is 1. The molecule has 1 heterocycles. The minimum Gasteiger partial charge on any atom is -0.399 e. The van der Waals surface area contributed by atoms with Crippen molar-refractivity contribution < 1.29 is 4.39 Å². The van der Waals surface area contributed by atoms with E-state index in [4.69, 9.17) is 11.5 Å². The van der Waals surface area contributed by atoms with Gasteiger partial charge in [0.05, 0.1) is 5.69 Å². The number of nitrogens with zero attached hydrogens (tertiary/aromatic N) is 1. The molecular formula is C10H10FN3S2. The standard InChI is InChI=1S/C10H10FN3S2/c11-8-3-6(12)1-2-9(8)15-4-7-5-16-10(13)14-7/h1-3,5H,4,12H2,(H2,13,14). The van der Waals surface area contributed by atoms with Gasteiger partial charge in [0, 0.05) is 21.7 Å². The SMILES string of the molecule is Nc1ccc(SCc2csc(N)n2)c(F)c1. The summed E-state index contributed by atoms with van der Waals surface area (Å²) in [6.45, 7) is 0. The first kappa shape index (κ1) is 11.2. The van der Waals surface area contributed by atoms with E-state index in [1.807, 2.05) is 5.38 Å². The number of hydrogen-bond donors (Lipinski definition) is 2. The van der Waals surface area contributed by atoms with E-state index in [1.54, 1.807) is 12.1 Å². The van der Waals surface area contributed by atoms with Crippen molar-refractivity contribution in [3.8, 4) is 0 Å². The Kier molecular flexibility index (Phi) is 3.31. The van der Waals surface area contributed by atoms with E-state index in [1.165, 1.54) is 29.2 Å². The Hall–Kier alpha value is -1.27. The van der Waals surface area contributed by atoms with Crippen molar-refractivity contribution in [2.45, 2.75) is 10.6 Å². The molecule has 3 nitrogen and oxygen atoms in total. The Balaban J connectivity index is 2.04. The third-order valence-electron chi connectivity index (χ3n) is 1.90. The second-order valence-corrected chi connectivity index (χ2v) is 5.06. The summed E-state index contributed by atoms with van der Waals surface area (Å²) in [5, 5.41) is 2.41. The van der Waals surface area contributed by atoms with Crippen molar-refractivity contribution in [2.75, 3.05) is 11.5 Å². The summed E-state index contributed by atoms with van der Waals surface area (Å²) in [5.41, 5.74) is 12.3. The first-order valence-electron chi connectivity index (χ1n) is 4.53. The second-order valence-electron chi connectivity index (χ2n) is 3.16. The van der Waals surface area contributed by atoms with Gasteiger partial charge in [-0.15, -0.1) is 23.1 Å². The molecule has 0 aliphatic heterocycles. The summed E-state index contributed by atoms with van der Waals surface area (Å²) in [4.78, 5) is 4.67. The van der Waals surface area contributed by atoms with E-state index in [2.05, 4.69) is 4.98 Å². The average Bonchev–Trinajstić information content (AvgIpc) is 2.63. The summed E-state index contributed by atoms with van der Waals surface area (Å²) in [7, 11) is 0. The van der Waals surface area contributed by atoms with Crippen LogP contribution in [0.15, 0.2) is 28.5 Å². The van der Waals surface area contributed by atoms with Gasteiger partial charge in [0.25, 0.3) is 0 Å². The fourth-order valence-corrected chi connectivity index (χ4v) is 2.66. The molecule has 4 N–H and O–H groups in total. The average molecular weight is 255 g/mol. The maximum Gasteiger partial charge on any atom is 0.180 e. The predicted molar refractivity (Wildman–Crippen MR) is 66.9 cm³/mol. The Labute approximate surface area is 101 Å². The van der Waals surface area contributed by atoms with Gasteiger partial charge in [-0.2, -0.15) is 0 Å². The molecule has 16 heavy (non-hydrogen) atoms. The molecule has 2 aromatic rings. The van der Waals surface area contributed by atoms with Crippen LogP contribution in [0.1, 0.15) is 5.69 Å². The second kappa shape index (κ2) is 4.71. The van der Waals surface area contributed by atoms with Gasteiger partial charge in [-0.3, -0.25) is 0 Å². The summed E-state index contributed by atoms with van der Waals surface area (Å²) in [5.74, 6) is 0.308. The Morgan fingerprint density at radius 2 is 2.19 bits per heavy atom. The number of thiazole rings is 1. The van der Waals surface area contributed by atoms with Gasteiger partial charge in [-0.25, -0.2) is 9.37 Å². The number of hydrogen-bond acceptors (Lipinski definition) is 5. The lowest BCUT2D eigenvalue weighted by Gasteiger charge is -2.02. The largest absolute Gasteiger partial charge is 0.399 e. The van der Waals surface area contributed by atoms with Crippen LogP contribution in [-0.4, -0.2) is 4.98 Å². The molecular weight excluding hydrogens is 245 g/mol. The molecule has 6 heteroatoms. The summed E-state index contributed by atoms with van der Waals surface area (Å²) in [6, 6.07) is 4.67. The van der Waals surface area contributed by atoms with Crippen LogP contribution in [-0.2, 0) is 5.75 Å². The summed E-state index contributed by atoms with van der Waals surface area (Å²) in [6.07, 6.45) is 0. The van der Waals surface area contributed by atoms with E-state index in [-0.39, 0.29) is 5.82 Å². The van der Waals surface area contributed by atoms with Crippen molar-refractivity contribution in [3.63, 3.8) is 0 Å². The first-order valence-corrected chi connectivity index (χ1v) is 6.39. The minimum atomic E-state index is -0.298. The maximum absolute atomic E-state index is 13.4. The highest BCUT2D eigenvalue weighted by atomic mass is 32.2. The highest BCUT2D eigenvalue weighted by molar-refractivity contribution is 7.98. The van der Waals surface area contributed by atoms with Crippen LogP contribution in [0, 0.1) is 5.82 Å². The zero-order valence-electron chi connectivity index (χ0n) is 8.31. The van der Waals surface area contributed by atoms with Gasteiger partial charge in [-0.1, -0.05) is 0 Å². The molecule has 0 aliphatic rings. The molecule has 0 saturated heterocycles. The van der Waals surface area contributed by atoms with Crippen LogP contribution in [0.3, 0.4) is 0 Å². The normalized spacial score (nSPS) is 10.6. The van der Waals surface area contributed by atoms with Gasteiger partial charge < -0.3 is 11.5 Å². The van der Waals surface area contributed by atoms with Crippen LogP contribution >= 0.6 is 23.1 Å². The number of thioether (sulfide) groups is 1. The number of nitrogen functional groups attached to an aromatic ring is 2. The van der Waals surface area contributed by atoms with Gasteiger partial charge >= 0.3 is 0 Å². The van der Waals surface area contributed by atoms with Gasteiger partial charge in [0.15, 0.2) is 5.13 Å². The van der Waals surface area contributed by atoms with Gasteiger partial charge in [-0.05, 0) is 18.2 Å². The molecule has 0 spiro atoms. The lowest BCUT2D eigenvalue weighted by molar-refractivity contribution is 0.602. The van der Waals surface area contributed by atoms with Gasteiger partial charge in [0.2, 0.25) is 0 Å². The van der Waals surface area contributed by atoms with Crippen LogP contribution < -0.4 is 11.5 Å². The highest BCUT2D eigenvalue weighted by Gasteiger charge is 2.05. The van der Waals surface area contributed by atoms with E-state index >= 15 is 0 Å². The monoisotopic (exact) mass is 255 g/mol. The molecule has 1 aromatic carbocycles. The van der Waals surface area contributed by atoms with Crippen molar-refractivity contribution in [3.05, 3.63) is 35.1 Å². The molecule has 0 unspecified atom stereocenters. The molecule has 84 valence electrons. The third-order valence-corrected chi connectivity index (χ3v) is 3.71. The topological polar surface area (TPSA) is 64.9 Å². The van der Waals surface area contributed by atoms with E-state index in [0.29, 0.717) is 21.5 Å². The van der Waals surface area contributed by atoms with Crippen LogP contribution in [0.4, 0.5) is 15.2 Å². The Morgan fingerprint density at radius 1 is 1.38 bits per heavy atom. The lowest BCUT2D eigenvalue weighted by atomic mass is 10.3. The highest BCUT2D eigenvalue weighted by Crippen LogP contribution is 2.27. The van der Waals surface area contributed by atoms with Crippen LogP contribution in [0.2, 0.25) is 0 Å². The molecule has 0 aliphatic carbocycles. The van der Waals surface area contributed by atoms with Crippen molar-refractivity contribution in [1.29, 1.82) is 0 Å². The van der Waals surface area contributed by atoms with Crippen molar-refractivity contribution in [2.24, 2.45) is 0 Å². The predicted octanol–water partition coefficient (Wildman–Crippen LogP) is 2.74. The molecule has 2 rings (SSSR count). The summed E-state index contributed by atoms with van der Waals surface area (Å²) >= 11 is 2.77. The van der Waals surface area contributed by atoms with E-state index < -0.39 is 0 Å². The fourth-order valence-electron chi connectivity index (χ4n) is 1.17. The number of anilines is 2. The molecule has 0 amide bonds. The smallest absolute Gasteiger partial charge is 0.180 e. The molecule has 0 fully saturated rings. The number of benzene rings is 1. The molecule has 1 aromatic heterocycles. The lowest BCUT2D eigenvalue weighted by Crippen LogP contribution is -1.89. The number of nitrogens with two attached hydrogens (primary N) is 2. The molecule has 0 radical (unpaired) electrons. The Morgan fingerprint density at radius 3 is 2.81 bits per heavy atom. The zero-order valence-corrected chi connectivity index (χ0v) is 9.95. The third kappa shape index (κ3) is 2.65. The van der Waals surface area contributed by atoms with Gasteiger partial charge in [0.1, 0.15) is 5.82 Å². The quantitative estimate of drug-likeness (QED) is 0.654. The van der Waals surface area contributed by atoms with E-state index in [0.717, 1.165) is 5.69 Å².